The predicted molar refractivity (Wildman–Crippen MR) is 58.2 cm³/mol. The van der Waals surface area contributed by atoms with Crippen molar-refractivity contribution in [3.05, 3.63) is 29.7 Å². The number of aliphatic carboxylic acids is 1. The summed E-state index contributed by atoms with van der Waals surface area (Å²) in [5.41, 5.74) is 1.66. The van der Waals surface area contributed by atoms with Crippen molar-refractivity contribution in [1.29, 1.82) is 0 Å². The number of hydrogen-bond acceptors (Lipinski definition) is 3. The number of aryl methyl sites for hydroxylation is 1. The zero-order chi connectivity index (χ0) is 11.7. The van der Waals surface area contributed by atoms with Gasteiger partial charge in [0, 0.05) is 6.20 Å². The molecular weight excluding hydrogens is 206 g/mol. The van der Waals surface area contributed by atoms with Crippen molar-refractivity contribution in [1.82, 2.24) is 14.6 Å². The fourth-order valence-corrected chi connectivity index (χ4v) is 1.66. The molecule has 2 aromatic heterocycles. The van der Waals surface area contributed by atoms with Crippen LogP contribution in [0.4, 0.5) is 0 Å². The van der Waals surface area contributed by atoms with E-state index in [0.717, 1.165) is 17.0 Å². The molecule has 0 saturated heterocycles. The third-order valence-electron chi connectivity index (χ3n) is 2.63. The number of carboxylic acids is 1. The van der Waals surface area contributed by atoms with E-state index in [-0.39, 0.29) is 0 Å². The average molecular weight is 219 g/mol. The molecule has 0 spiro atoms. The number of aromatic nitrogens is 3. The van der Waals surface area contributed by atoms with Crippen LogP contribution in [0.1, 0.15) is 18.3 Å². The number of hydrogen-bond donors (Lipinski definition) is 1. The summed E-state index contributed by atoms with van der Waals surface area (Å²) in [5, 5.41) is 16.9. The van der Waals surface area contributed by atoms with Gasteiger partial charge < -0.3 is 5.11 Å². The van der Waals surface area contributed by atoms with Gasteiger partial charge in [0.15, 0.2) is 5.65 Å². The minimum atomic E-state index is -0.793. The van der Waals surface area contributed by atoms with Gasteiger partial charge in [0.25, 0.3) is 0 Å². The largest absolute Gasteiger partial charge is 0.481 e. The first-order chi connectivity index (χ1) is 7.59. The van der Waals surface area contributed by atoms with E-state index >= 15 is 0 Å². The van der Waals surface area contributed by atoms with Crippen molar-refractivity contribution in [3.8, 4) is 0 Å². The topological polar surface area (TPSA) is 67.5 Å². The Bertz CT molecular complexity index is 533. The lowest BCUT2D eigenvalue weighted by molar-refractivity contribution is -0.141. The van der Waals surface area contributed by atoms with Gasteiger partial charge in [-0.25, -0.2) is 0 Å². The van der Waals surface area contributed by atoms with Crippen LogP contribution in [0.3, 0.4) is 0 Å². The van der Waals surface area contributed by atoms with Crippen LogP contribution in [-0.2, 0) is 11.2 Å². The summed E-state index contributed by atoms with van der Waals surface area (Å²) in [6.07, 6.45) is 2.34. The Hall–Kier alpha value is -1.91. The van der Waals surface area contributed by atoms with Crippen molar-refractivity contribution in [2.24, 2.45) is 5.92 Å². The highest BCUT2D eigenvalue weighted by Crippen LogP contribution is 2.14. The quantitative estimate of drug-likeness (QED) is 0.844. The van der Waals surface area contributed by atoms with Gasteiger partial charge in [-0.1, -0.05) is 13.0 Å². The molecule has 1 N–H and O–H groups in total. The van der Waals surface area contributed by atoms with Crippen molar-refractivity contribution in [2.45, 2.75) is 20.3 Å². The lowest BCUT2D eigenvalue weighted by atomic mass is 10.0. The molecule has 0 aliphatic heterocycles. The monoisotopic (exact) mass is 219 g/mol. The van der Waals surface area contributed by atoms with Gasteiger partial charge in [0.1, 0.15) is 5.82 Å². The second-order valence-electron chi connectivity index (χ2n) is 3.92. The van der Waals surface area contributed by atoms with Gasteiger partial charge in [-0.2, -0.15) is 0 Å². The number of carboxylic acid groups (broad SMARTS) is 1. The van der Waals surface area contributed by atoms with Gasteiger partial charge in [-0.05, 0) is 25.0 Å². The third-order valence-corrected chi connectivity index (χ3v) is 2.63. The molecule has 2 heterocycles. The number of pyridine rings is 1. The second kappa shape index (κ2) is 3.92. The van der Waals surface area contributed by atoms with E-state index in [2.05, 4.69) is 10.2 Å². The van der Waals surface area contributed by atoms with Crippen LogP contribution in [0.25, 0.3) is 5.65 Å². The Balaban J connectivity index is 2.41. The van der Waals surface area contributed by atoms with E-state index in [0.29, 0.717) is 6.42 Å². The van der Waals surface area contributed by atoms with Gasteiger partial charge in [0.05, 0.1) is 5.92 Å². The van der Waals surface area contributed by atoms with Gasteiger partial charge >= 0.3 is 5.97 Å². The minimum Gasteiger partial charge on any atom is -0.481 e. The Morgan fingerprint density at radius 2 is 2.31 bits per heavy atom. The summed E-state index contributed by atoms with van der Waals surface area (Å²) in [6, 6.07) is 3.77. The lowest BCUT2D eigenvalue weighted by Crippen LogP contribution is -2.12. The van der Waals surface area contributed by atoms with Crippen molar-refractivity contribution >= 4 is 11.6 Å². The second-order valence-corrected chi connectivity index (χ2v) is 3.92. The van der Waals surface area contributed by atoms with E-state index in [1.165, 1.54) is 0 Å². The SMILES string of the molecule is Cc1nnc2c(CC(C)C(=O)O)cccn12. The van der Waals surface area contributed by atoms with Crippen molar-refractivity contribution < 1.29 is 9.90 Å². The molecule has 2 rings (SSSR count). The molecular formula is C11H13N3O2. The summed E-state index contributed by atoms with van der Waals surface area (Å²) >= 11 is 0. The summed E-state index contributed by atoms with van der Waals surface area (Å²) in [7, 11) is 0. The van der Waals surface area contributed by atoms with E-state index in [1.54, 1.807) is 6.92 Å². The summed E-state index contributed by atoms with van der Waals surface area (Å²) < 4.78 is 1.86. The molecule has 0 radical (unpaired) electrons. The molecule has 5 heteroatoms. The zero-order valence-corrected chi connectivity index (χ0v) is 9.21. The fraction of sp³-hybridized carbons (Fsp3) is 0.364. The first kappa shape index (κ1) is 10.6. The Labute approximate surface area is 92.7 Å². The van der Waals surface area contributed by atoms with Gasteiger partial charge in [-0.15, -0.1) is 10.2 Å². The highest BCUT2D eigenvalue weighted by Gasteiger charge is 2.14. The summed E-state index contributed by atoms with van der Waals surface area (Å²) in [5.74, 6) is -0.402. The molecule has 0 aromatic carbocycles. The van der Waals surface area contributed by atoms with Crippen LogP contribution in [0.15, 0.2) is 18.3 Å². The van der Waals surface area contributed by atoms with Crippen LogP contribution < -0.4 is 0 Å². The van der Waals surface area contributed by atoms with E-state index < -0.39 is 11.9 Å². The van der Waals surface area contributed by atoms with Crippen LogP contribution >= 0.6 is 0 Å². The molecule has 16 heavy (non-hydrogen) atoms. The third kappa shape index (κ3) is 1.76. The molecule has 84 valence electrons. The van der Waals surface area contributed by atoms with E-state index in [1.807, 2.05) is 29.7 Å². The van der Waals surface area contributed by atoms with Crippen molar-refractivity contribution in [3.63, 3.8) is 0 Å². The van der Waals surface area contributed by atoms with Crippen LogP contribution in [-0.4, -0.2) is 25.7 Å². The zero-order valence-electron chi connectivity index (χ0n) is 9.21. The lowest BCUT2D eigenvalue weighted by Gasteiger charge is -2.06. The van der Waals surface area contributed by atoms with Crippen LogP contribution in [0.5, 0.6) is 0 Å². The van der Waals surface area contributed by atoms with Gasteiger partial charge in [0.2, 0.25) is 0 Å². The number of carbonyl (C=O) groups is 1. The smallest absolute Gasteiger partial charge is 0.306 e. The average Bonchev–Trinajstić information content (AvgIpc) is 2.62. The highest BCUT2D eigenvalue weighted by molar-refractivity contribution is 5.70. The number of fused-ring (bicyclic) bond motifs is 1. The molecule has 0 saturated carbocycles. The van der Waals surface area contributed by atoms with Crippen molar-refractivity contribution in [2.75, 3.05) is 0 Å². The molecule has 2 aromatic rings. The maximum absolute atomic E-state index is 10.8. The maximum atomic E-state index is 10.8. The van der Waals surface area contributed by atoms with E-state index in [9.17, 15) is 4.79 Å². The fourth-order valence-electron chi connectivity index (χ4n) is 1.66. The molecule has 0 aliphatic rings. The number of nitrogens with zero attached hydrogens (tertiary/aromatic N) is 3. The maximum Gasteiger partial charge on any atom is 0.306 e. The first-order valence-corrected chi connectivity index (χ1v) is 5.11. The summed E-state index contributed by atoms with van der Waals surface area (Å²) in [6.45, 7) is 3.56. The molecule has 0 amide bonds. The normalized spacial score (nSPS) is 12.9. The van der Waals surface area contributed by atoms with E-state index in [4.69, 9.17) is 5.11 Å². The minimum absolute atomic E-state index is 0.414. The molecule has 1 unspecified atom stereocenters. The predicted octanol–water partition coefficient (Wildman–Crippen LogP) is 1.30. The van der Waals surface area contributed by atoms with Crippen LogP contribution in [0, 0.1) is 12.8 Å². The Kier molecular flexibility index (Phi) is 2.60. The molecule has 0 fully saturated rings. The molecule has 0 aliphatic carbocycles. The summed E-state index contributed by atoms with van der Waals surface area (Å²) in [4.78, 5) is 10.8. The Morgan fingerprint density at radius 1 is 1.56 bits per heavy atom. The Morgan fingerprint density at radius 3 is 3.00 bits per heavy atom. The van der Waals surface area contributed by atoms with Crippen LogP contribution in [0.2, 0.25) is 0 Å². The van der Waals surface area contributed by atoms with Gasteiger partial charge in [-0.3, -0.25) is 9.20 Å². The molecule has 5 nitrogen and oxygen atoms in total. The first-order valence-electron chi connectivity index (χ1n) is 5.11. The standard InChI is InChI=1S/C11H13N3O2/c1-7(11(15)16)6-9-4-3-5-14-8(2)12-13-10(9)14/h3-5,7H,6H2,1-2H3,(H,15,16). The number of rotatable bonds is 3. The molecule has 1 atom stereocenters. The highest BCUT2D eigenvalue weighted by atomic mass is 16.4. The molecule has 0 bridgehead atoms.